The van der Waals surface area contributed by atoms with Gasteiger partial charge in [-0.2, -0.15) is 15.1 Å². The highest BCUT2D eigenvalue weighted by Crippen LogP contribution is 2.19. The fraction of sp³-hybridized carbons (Fsp3) is 0.545. The molecule has 0 bridgehead atoms. The van der Waals surface area contributed by atoms with Gasteiger partial charge in [0.1, 0.15) is 5.82 Å². The molecule has 6 heteroatoms. The van der Waals surface area contributed by atoms with E-state index in [4.69, 9.17) is 0 Å². The molecule has 2 rings (SSSR count). The number of rotatable bonds is 5. The second kappa shape index (κ2) is 4.99. The summed E-state index contributed by atoms with van der Waals surface area (Å²) in [7, 11) is 0. The van der Waals surface area contributed by atoms with Crippen LogP contribution in [0.15, 0.2) is 6.20 Å². The molecule has 0 spiro atoms. The SMILES string of the molecule is CCNc1nc(NCC(C)C)c2cn[nH]c2n1. The van der Waals surface area contributed by atoms with E-state index in [2.05, 4.69) is 44.6 Å². The molecular weight excluding hydrogens is 216 g/mol. The molecular formula is C11H18N6. The average Bonchev–Trinajstić information content (AvgIpc) is 2.74. The molecule has 0 aliphatic carbocycles. The summed E-state index contributed by atoms with van der Waals surface area (Å²) in [6.45, 7) is 8.01. The van der Waals surface area contributed by atoms with Crippen molar-refractivity contribution >= 4 is 22.8 Å². The maximum absolute atomic E-state index is 4.44. The number of nitrogens with one attached hydrogen (secondary N) is 3. The van der Waals surface area contributed by atoms with Crippen LogP contribution in [-0.2, 0) is 0 Å². The summed E-state index contributed by atoms with van der Waals surface area (Å²) >= 11 is 0. The smallest absolute Gasteiger partial charge is 0.226 e. The maximum Gasteiger partial charge on any atom is 0.226 e. The first-order valence-corrected chi connectivity index (χ1v) is 5.89. The number of hydrogen-bond donors (Lipinski definition) is 3. The largest absolute Gasteiger partial charge is 0.369 e. The minimum absolute atomic E-state index is 0.564. The number of nitrogens with zero attached hydrogens (tertiary/aromatic N) is 3. The lowest BCUT2D eigenvalue weighted by Gasteiger charge is -2.10. The molecule has 2 aromatic rings. The van der Waals surface area contributed by atoms with Gasteiger partial charge in [-0.05, 0) is 12.8 Å². The number of H-pyrrole nitrogens is 1. The molecule has 0 saturated heterocycles. The van der Waals surface area contributed by atoms with E-state index >= 15 is 0 Å². The summed E-state index contributed by atoms with van der Waals surface area (Å²) < 4.78 is 0. The Morgan fingerprint density at radius 2 is 2.12 bits per heavy atom. The molecule has 17 heavy (non-hydrogen) atoms. The van der Waals surface area contributed by atoms with E-state index < -0.39 is 0 Å². The zero-order valence-corrected chi connectivity index (χ0v) is 10.4. The second-order valence-electron chi connectivity index (χ2n) is 4.33. The van der Waals surface area contributed by atoms with Crippen LogP contribution in [0.1, 0.15) is 20.8 Å². The van der Waals surface area contributed by atoms with Crippen LogP contribution in [0.25, 0.3) is 11.0 Å². The third-order valence-corrected chi connectivity index (χ3v) is 2.32. The molecule has 0 radical (unpaired) electrons. The van der Waals surface area contributed by atoms with Gasteiger partial charge in [0, 0.05) is 13.1 Å². The van der Waals surface area contributed by atoms with E-state index in [-0.39, 0.29) is 0 Å². The van der Waals surface area contributed by atoms with Crippen LogP contribution in [0, 0.1) is 5.92 Å². The van der Waals surface area contributed by atoms with Gasteiger partial charge >= 0.3 is 0 Å². The third kappa shape index (κ3) is 2.64. The molecule has 92 valence electrons. The summed E-state index contributed by atoms with van der Waals surface area (Å²) in [5.41, 5.74) is 0.752. The van der Waals surface area contributed by atoms with Gasteiger partial charge in [0.05, 0.1) is 11.6 Å². The molecule has 3 N–H and O–H groups in total. The Morgan fingerprint density at radius 3 is 2.82 bits per heavy atom. The number of hydrogen-bond acceptors (Lipinski definition) is 5. The van der Waals surface area contributed by atoms with E-state index in [9.17, 15) is 0 Å². The Hall–Kier alpha value is -1.85. The Bertz CT molecular complexity index is 490. The second-order valence-corrected chi connectivity index (χ2v) is 4.33. The zero-order chi connectivity index (χ0) is 12.3. The Labute approximate surface area is 100 Å². The minimum Gasteiger partial charge on any atom is -0.369 e. The van der Waals surface area contributed by atoms with E-state index in [0.717, 1.165) is 29.9 Å². The standard InChI is InChI=1S/C11H18N6/c1-4-12-11-15-9(13-5-7(2)3)8-6-14-17-10(8)16-11/h6-7H,4-5H2,1-3H3,(H3,12,13,14,15,16,17). The quantitative estimate of drug-likeness (QED) is 0.736. The first-order valence-electron chi connectivity index (χ1n) is 5.89. The van der Waals surface area contributed by atoms with Crippen molar-refractivity contribution in [2.24, 2.45) is 5.92 Å². The molecule has 0 saturated carbocycles. The third-order valence-electron chi connectivity index (χ3n) is 2.32. The van der Waals surface area contributed by atoms with Crippen molar-refractivity contribution < 1.29 is 0 Å². The van der Waals surface area contributed by atoms with E-state index in [1.165, 1.54) is 0 Å². The first kappa shape index (κ1) is 11.6. The molecule has 6 nitrogen and oxygen atoms in total. The number of aromatic nitrogens is 4. The van der Waals surface area contributed by atoms with E-state index in [0.29, 0.717) is 11.9 Å². The molecule has 2 heterocycles. The van der Waals surface area contributed by atoms with Crippen LogP contribution in [0.3, 0.4) is 0 Å². The van der Waals surface area contributed by atoms with Crippen LogP contribution in [0.5, 0.6) is 0 Å². The van der Waals surface area contributed by atoms with Crippen molar-refractivity contribution in [3.05, 3.63) is 6.20 Å². The number of anilines is 2. The van der Waals surface area contributed by atoms with Crippen LogP contribution >= 0.6 is 0 Å². The predicted octanol–water partition coefficient (Wildman–Crippen LogP) is 1.85. The lowest BCUT2D eigenvalue weighted by atomic mass is 10.2. The van der Waals surface area contributed by atoms with Crippen molar-refractivity contribution in [2.45, 2.75) is 20.8 Å². The monoisotopic (exact) mass is 234 g/mol. The van der Waals surface area contributed by atoms with Crippen molar-refractivity contribution in [1.82, 2.24) is 20.2 Å². The summed E-state index contributed by atoms with van der Waals surface area (Å²) in [6, 6.07) is 0. The Morgan fingerprint density at radius 1 is 1.29 bits per heavy atom. The van der Waals surface area contributed by atoms with Gasteiger partial charge in [-0.1, -0.05) is 13.8 Å². The first-order chi connectivity index (χ1) is 8.20. The fourth-order valence-corrected chi connectivity index (χ4v) is 1.51. The highest BCUT2D eigenvalue weighted by atomic mass is 15.2. The van der Waals surface area contributed by atoms with Crippen LogP contribution in [0.4, 0.5) is 11.8 Å². The summed E-state index contributed by atoms with van der Waals surface area (Å²) in [6.07, 6.45) is 1.74. The van der Waals surface area contributed by atoms with Gasteiger partial charge in [-0.15, -0.1) is 0 Å². The molecule has 0 fully saturated rings. The topological polar surface area (TPSA) is 78.5 Å². The highest BCUT2D eigenvalue weighted by molar-refractivity contribution is 5.86. The summed E-state index contributed by atoms with van der Waals surface area (Å²) in [4.78, 5) is 8.77. The van der Waals surface area contributed by atoms with E-state index in [1.54, 1.807) is 6.20 Å². The average molecular weight is 234 g/mol. The summed E-state index contributed by atoms with van der Waals surface area (Å²) in [5, 5.41) is 14.2. The molecule has 0 atom stereocenters. The number of fused-ring (bicyclic) bond motifs is 1. The van der Waals surface area contributed by atoms with Crippen molar-refractivity contribution in [2.75, 3.05) is 23.7 Å². The zero-order valence-electron chi connectivity index (χ0n) is 10.4. The van der Waals surface area contributed by atoms with Gasteiger partial charge in [-0.25, -0.2) is 0 Å². The van der Waals surface area contributed by atoms with Crippen LogP contribution in [0.2, 0.25) is 0 Å². The van der Waals surface area contributed by atoms with Gasteiger partial charge in [0.15, 0.2) is 5.65 Å². The van der Waals surface area contributed by atoms with Crippen LogP contribution in [-0.4, -0.2) is 33.3 Å². The fourth-order valence-electron chi connectivity index (χ4n) is 1.51. The van der Waals surface area contributed by atoms with E-state index in [1.807, 2.05) is 6.92 Å². The molecule has 2 aromatic heterocycles. The number of aromatic amines is 1. The molecule has 0 aliphatic rings. The predicted molar refractivity (Wildman–Crippen MR) is 69.2 cm³/mol. The molecule has 0 aliphatic heterocycles. The van der Waals surface area contributed by atoms with Gasteiger partial charge in [0.25, 0.3) is 0 Å². The van der Waals surface area contributed by atoms with Gasteiger partial charge in [0.2, 0.25) is 5.95 Å². The maximum atomic E-state index is 4.44. The van der Waals surface area contributed by atoms with Crippen LogP contribution < -0.4 is 10.6 Å². The lowest BCUT2D eigenvalue weighted by molar-refractivity contribution is 0.687. The van der Waals surface area contributed by atoms with Crippen molar-refractivity contribution in [3.63, 3.8) is 0 Å². The lowest BCUT2D eigenvalue weighted by Crippen LogP contribution is -2.11. The molecule has 0 aromatic carbocycles. The van der Waals surface area contributed by atoms with Crippen molar-refractivity contribution in [3.8, 4) is 0 Å². The minimum atomic E-state index is 0.564. The molecule has 0 unspecified atom stereocenters. The summed E-state index contributed by atoms with van der Waals surface area (Å²) in [5.74, 6) is 2.01. The normalized spacial score (nSPS) is 11.1. The van der Waals surface area contributed by atoms with Gasteiger partial charge < -0.3 is 10.6 Å². The highest BCUT2D eigenvalue weighted by Gasteiger charge is 2.08. The Kier molecular flexibility index (Phi) is 3.41. The van der Waals surface area contributed by atoms with Gasteiger partial charge in [-0.3, -0.25) is 5.10 Å². The van der Waals surface area contributed by atoms with Crippen molar-refractivity contribution in [1.29, 1.82) is 0 Å². The Balaban J connectivity index is 2.32. The molecule has 0 amide bonds.